The van der Waals surface area contributed by atoms with Crippen LogP contribution in [0.3, 0.4) is 0 Å². The normalized spacial score (nSPS) is 12.6. The maximum atomic E-state index is 8.95. The Morgan fingerprint density at radius 3 is 2.79 bits per heavy atom. The van der Waals surface area contributed by atoms with Crippen molar-refractivity contribution in [1.29, 1.82) is 0 Å². The zero-order valence-electron chi connectivity index (χ0n) is 8.36. The Morgan fingerprint density at radius 1 is 1.57 bits per heavy atom. The Kier molecular flexibility index (Phi) is 4.25. The van der Waals surface area contributed by atoms with Crippen molar-refractivity contribution in [2.75, 3.05) is 20.0 Å². The highest BCUT2D eigenvalue weighted by Crippen LogP contribution is 2.28. The third kappa shape index (κ3) is 2.41. The molecule has 14 heavy (non-hydrogen) atoms. The molecule has 3 N–H and O–H groups in total. The third-order valence-corrected chi connectivity index (χ3v) is 2.76. The summed E-state index contributed by atoms with van der Waals surface area (Å²) in [6, 6.07) is 5.42. The molecule has 0 radical (unpaired) electrons. The second kappa shape index (κ2) is 5.24. The number of aliphatic hydroxyl groups is 1. The fourth-order valence-electron chi connectivity index (χ4n) is 1.22. The molecule has 0 aliphatic carbocycles. The van der Waals surface area contributed by atoms with Gasteiger partial charge < -0.3 is 15.6 Å². The summed E-state index contributed by atoms with van der Waals surface area (Å²) in [5.74, 6) is 0.735. The van der Waals surface area contributed by atoms with E-state index in [9.17, 15) is 0 Å². The molecule has 1 unspecified atom stereocenters. The van der Waals surface area contributed by atoms with Gasteiger partial charge in [0.25, 0.3) is 0 Å². The van der Waals surface area contributed by atoms with Crippen LogP contribution in [0.15, 0.2) is 23.1 Å². The summed E-state index contributed by atoms with van der Waals surface area (Å²) in [6.07, 6.45) is 2.00. The predicted octanol–water partition coefficient (Wildman–Crippen LogP) is 1.41. The Bertz CT molecular complexity index is 304. The SMILES string of the molecule is COc1cc(SC)ccc1C(N)CO. The van der Waals surface area contributed by atoms with Crippen LogP contribution < -0.4 is 10.5 Å². The highest BCUT2D eigenvalue weighted by Gasteiger charge is 2.10. The first-order valence-electron chi connectivity index (χ1n) is 4.31. The molecule has 0 aliphatic rings. The van der Waals surface area contributed by atoms with Gasteiger partial charge in [0.15, 0.2) is 0 Å². The average Bonchev–Trinajstić information content (AvgIpc) is 2.27. The van der Waals surface area contributed by atoms with E-state index in [4.69, 9.17) is 15.6 Å². The first-order valence-corrected chi connectivity index (χ1v) is 5.53. The summed E-state index contributed by atoms with van der Waals surface area (Å²) < 4.78 is 5.21. The molecule has 0 aromatic heterocycles. The van der Waals surface area contributed by atoms with Gasteiger partial charge in [-0.3, -0.25) is 0 Å². The smallest absolute Gasteiger partial charge is 0.124 e. The molecule has 0 saturated heterocycles. The molecule has 0 fully saturated rings. The minimum atomic E-state index is -0.374. The lowest BCUT2D eigenvalue weighted by atomic mass is 10.1. The van der Waals surface area contributed by atoms with Gasteiger partial charge in [0, 0.05) is 10.5 Å². The summed E-state index contributed by atoms with van der Waals surface area (Å²) in [6.45, 7) is -0.0744. The minimum Gasteiger partial charge on any atom is -0.496 e. The number of ether oxygens (including phenoxy) is 1. The van der Waals surface area contributed by atoms with Crippen LogP contribution >= 0.6 is 11.8 Å². The predicted molar refractivity (Wildman–Crippen MR) is 58.8 cm³/mol. The number of nitrogens with two attached hydrogens (primary N) is 1. The summed E-state index contributed by atoms with van der Waals surface area (Å²) >= 11 is 1.64. The molecule has 4 heteroatoms. The maximum Gasteiger partial charge on any atom is 0.124 e. The molecule has 0 heterocycles. The zero-order valence-corrected chi connectivity index (χ0v) is 9.17. The second-order valence-corrected chi connectivity index (χ2v) is 3.78. The first-order chi connectivity index (χ1) is 6.72. The lowest BCUT2D eigenvalue weighted by molar-refractivity contribution is 0.264. The number of hydrogen-bond acceptors (Lipinski definition) is 4. The number of hydrogen-bond donors (Lipinski definition) is 2. The van der Waals surface area contributed by atoms with Crippen LogP contribution in [-0.4, -0.2) is 25.1 Å². The van der Waals surface area contributed by atoms with Crippen LogP contribution in [0.5, 0.6) is 5.75 Å². The van der Waals surface area contributed by atoms with E-state index in [0.29, 0.717) is 0 Å². The lowest BCUT2D eigenvalue weighted by Gasteiger charge is -2.14. The van der Waals surface area contributed by atoms with Gasteiger partial charge in [-0.15, -0.1) is 11.8 Å². The highest BCUT2D eigenvalue weighted by atomic mass is 32.2. The summed E-state index contributed by atoms with van der Waals surface area (Å²) in [5, 5.41) is 8.95. The molecule has 3 nitrogen and oxygen atoms in total. The van der Waals surface area contributed by atoms with Gasteiger partial charge in [-0.2, -0.15) is 0 Å². The molecular weight excluding hydrogens is 198 g/mol. The number of methoxy groups -OCH3 is 1. The fraction of sp³-hybridized carbons (Fsp3) is 0.400. The van der Waals surface area contributed by atoms with Crippen LogP contribution in [0.25, 0.3) is 0 Å². The van der Waals surface area contributed by atoms with Crippen molar-refractivity contribution in [2.24, 2.45) is 5.73 Å². The van der Waals surface area contributed by atoms with E-state index in [0.717, 1.165) is 16.2 Å². The standard InChI is InChI=1S/C10H15NO2S/c1-13-10-5-7(14-2)3-4-8(10)9(11)6-12/h3-5,9,12H,6,11H2,1-2H3. The maximum absolute atomic E-state index is 8.95. The van der Waals surface area contributed by atoms with Crippen molar-refractivity contribution in [1.82, 2.24) is 0 Å². The lowest BCUT2D eigenvalue weighted by Crippen LogP contribution is -2.15. The van der Waals surface area contributed by atoms with Crippen molar-refractivity contribution in [3.63, 3.8) is 0 Å². The van der Waals surface area contributed by atoms with E-state index in [1.807, 2.05) is 24.5 Å². The molecule has 0 aliphatic heterocycles. The largest absolute Gasteiger partial charge is 0.496 e. The van der Waals surface area contributed by atoms with Gasteiger partial charge in [-0.1, -0.05) is 6.07 Å². The topological polar surface area (TPSA) is 55.5 Å². The van der Waals surface area contributed by atoms with E-state index in [-0.39, 0.29) is 12.6 Å². The molecule has 1 rings (SSSR count). The van der Waals surface area contributed by atoms with Crippen molar-refractivity contribution in [2.45, 2.75) is 10.9 Å². The van der Waals surface area contributed by atoms with E-state index < -0.39 is 0 Å². The van der Waals surface area contributed by atoms with E-state index in [1.54, 1.807) is 18.9 Å². The van der Waals surface area contributed by atoms with Crippen molar-refractivity contribution < 1.29 is 9.84 Å². The number of thioether (sulfide) groups is 1. The van der Waals surface area contributed by atoms with Gasteiger partial charge in [0.05, 0.1) is 19.8 Å². The summed E-state index contributed by atoms with van der Waals surface area (Å²) in [4.78, 5) is 1.12. The molecule has 0 saturated carbocycles. The molecule has 1 atom stereocenters. The van der Waals surface area contributed by atoms with E-state index in [1.165, 1.54) is 0 Å². The van der Waals surface area contributed by atoms with Gasteiger partial charge >= 0.3 is 0 Å². The third-order valence-electron chi connectivity index (χ3n) is 2.04. The summed E-state index contributed by atoms with van der Waals surface area (Å²) in [7, 11) is 1.60. The molecule has 0 amide bonds. The second-order valence-electron chi connectivity index (χ2n) is 2.90. The molecule has 1 aromatic carbocycles. The monoisotopic (exact) mass is 213 g/mol. The Morgan fingerprint density at radius 2 is 2.29 bits per heavy atom. The highest BCUT2D eigenvalue weighted by molar-refractivity contribution is 7.98. The molecule has 0 spiro atoms. The number of aliphatic hydroxyl groups excluding tert-OH is 1. The van der Waals surface area contributed by atoms with E-state index >= 15 is 0 Å². The quantitative estimate of drug-likeness (QED) is 0.742. The van der Waals surface area contributed by atoms with Crippen LogP contribution in [0.4, 0.5) is 0 Å². The van der Waals surface area contributed by atoms with Gasteiger partial charge in [-0.05, 0) is 18.4 Å². The number of benzene rings is 1. The molecule has 78 valence electrons. The Hall–Kier alpha value is -0.710. The van der Waals surface area contributed by atoms with Crippen LogP contribution in [0.2, 0.25) is 0 Å². The average molecular weight is 213 g/mol. The van der Waals surface area contributed by atoms with Crippen LogP contribution in [-0.2, 0) is 0 Å². The summed E-state index contributed by atoms with van der Waals surface area (Å²) in [5.41, 5.74) is 6.57. The van der Waals surface area contributed by atoms with Crippen LogP contribution in [0.1, 0.15) is 11.6 Å². The molecule has 0 bridgehead atoms. The fourth-order valence-corrected chi connectivity index (χ4v) is 1.65. The van der Waals surface area contributed by atoms with Gasteiger partial charge in [0.2, 0.25) is 0 Å². The molecular formula is C10H15NO2S. The van der Waals surface area contributed by atoms with E-state index in [2.05, 4.69) is 0 Å². The zero-order chi connectivity index (χ0) is 10.6. The Balaban J connectivity index is 3.04. The molecule has 1 aromatic rings. The van der Waals surface area contributed by atoms with Crippen molar-refractivity contribution in [3.05, 3.63) is 23.8 Å². The Labute approximate surface area is 88.3 Å². The van der Waals surface area contributed by atoms with Gasteiger partial charge in [0.1, 0.15) is 5.75 Å². The first kappa shape index (κ1) is 11.4. The van der Waals surface area contributed by atoms with Crippen molar-refractivity contribution >= 4 is 11.8 Å². The van der Waals surface area contributed by atoms with Crippen molar-refractivity contribution in [3.8, 4) is 5.75 Å². The van der Waals surface area contributed by atoms with Gasteiger partial charge in [-0.25, -0.2) is 0 Å². The number of rotatable bonds is 4. The van der Waals surface area contributed by atoms with Crippen LogP contribution in [0, 0.1) is 0 Å². The minimum absolute atomic E-state index is 0.0744.